The van der Waals surface area contributed by atoms with Crippen molar-refractivity contribution >= 4 is 22.5 Å². The van der Waals surface area contributed by atoms with Crippen LogP contribution in [0.25, 0.3) is 22.0 Å². The molecule has 0 aliphatic carbocycles. The molecule has 5 rings (SSSR count). The van der Waals surface area contributed by atoms with Crippen molar-refractivity contribution < 1.29 is 5.11 Å². The molecule has 5 nitrogen and oxygen atoms in total. The third-order valence-electron chi connectivity index (χ3n) is 6.04. The van der Waals surface area contributed by atoms with E-state index in [0.29, 0.717) is 27.4 Å². The van der Waals surface area contributed by atoms with Crippen LogP contribution in [-0.4, -0.2) is 19.6 Å². The number of halogens is 1. The van der Waals surface area contributed by atoms with Gasteiger partial charge in [-0.2, -0.15) is 0 Å². The van der Waals surface area contributed by atoms with E-state index in [1.165, 1.54) is 0 Å². The SMILES string of the molecule is Cc1cccc(-c2cc(=O)[nH]c3ccc(C(O)(c4ccc(Cl)cc4)c4cncn4C)cc23)c1. The number of aliphatic hydroxyl groups is 1. The lowest BCUT2D eigenvalue weighted by Gasteiger charge is -2.30. The first kappa shape index (κ1) is 21.2. The molecule has 5 aromatic rings. The van der Waals surface area contributed by atoms with E-state index in [4.69, 9.17) is 11.6 Å². The van der Waals surface area contributed by atoms with Gasteiger partial charge in [-0.25, -0.2) is 4.98 Å². The van der Waals surface area contributed by atoms with Crippen LogP contribution in [0.4, 0.5) is 0 Å². The Labute approximate surface area is 195 Å². The molecule has 0 aliphatic rings. The highest BCUT2D eigenvalue weighted by atomic mass is 35.5. The van der Waals surface area contributed by atoms with Crippen LogP contribution in [0, 0.1) is 6.92 Å². The van der Waals surface area contributed by atoms with Gasteiger partial charge in [0.1, 0.15) is 0 Å². The first-order valence-corrected chi connectivity index (χ1v) is 10.9. The van der Waals surface area contributed by atoms with Crippen molar-refractivity contribution in [1.29, 1.82) is 0 Å². The summed E-state index contributed by atoms with van der Waals surface area (Å²) >= 11 is 6.13. The Morgan fingerprint density at radius 2 is 1.76 bits per heavy atom. The number of aromatic amines is 1. The Morgan fingerprint density at radius 1 is 1.00 bits per heavy atom. The summed E-state index contributed by atoms with van der Waals surface area (Å²) in [4.78, 5) is 19.5. The second kappa shape index (κ2) is 8.03. The lowest BCUT2D eigenvalue weighted by Crippen LogP contribution is -2.31. The van der Waals surface area contributed by atoms with Gasteiger partial charge in [-0.1, -0.05) is 59.6 Å². The van der Waals surface area contributed by atoms with Gasteiger partial charge >= 0.3 is 0 Å². The highest BCUT2D eigenvalue weighted by Gasteiger charge is 2.36. The normalized spacial score (nSPS) is 13.2. The molecule has 2 heterocycles. The quantitative estimate of drug-likeness (QED) is 0.392. The number of nitrogens with one attached hydrogen (secondary N) is 1. The van der Waals surface area contributed by atoms with Crippen molar-refractivity contribution in [3.05, 3.63) is 123 Å². The zero-order chi connectivity index (χ0) is 23.2. The van der Waals surface area contributed by atoms with Crippen LogP contribution in [-0.2, 0) is 12.6 Å². The van der Waals surface area contributed by atoms with Crippen LogP contribution in [0.2, 0.25) is 5.02 Å². The number of H-pyrrole nitrogens is 1. The topological polar surface area (TPSA) is 70.9 Å². The van der Waals surface area contributed by atoms with Gasteiger partial charge in [0.05, 0.1) is 18.2 Å². The zero-order valence-corrected chi connectivity index (χ0v) is 19.0. The molecule has 0 saturated carbocycles. The molecule has 33 heavy (non-hydrogen) atoms. The number of rotatable bonds is 4. The van der Waals surface area contributed by atoms with Crippen LogP contribution >= 0.6 is 11.6 Å². The molecular formula is C27H22ClN3O2. The summed E-state index contributed by atoms with van der Waals surface area (Å²) in [5.74, 6) is 0. The first-order valence-electron chi connectivity index (χ1n) is 10.6. The fraction of sp³-hybridized carbons (Fsp3) is 0.111. The molecule has 0 radical (unpaired) electrons. The van der Waals surface area contributed by atoms with Gasteiger partial charge in [0, 0.05) is 29.0 Å². The van der Waals surface area contributed by atoms with E-state index < -0.39 is 5.60 Å². The fourth-order valence-corrected chi connectivity index (χ4v) is 4.52. The maximum Gasteiger partial charge on any atom is 0.249 e. The molecule has 1 atom stereocenters. The van der Waals surface area contributed by atoms with Crippen LogP contribution in [0.3, 0.4) is 0 Å². The van der Waals surface area contributed by atoms with E-state index in [-0.39, 0.29) is 5.56 Å². The molecule has 0 spiro atoms. The van der Waals surface area contributed by atoms with E-state index in [9.17, 15) is 9.90 Å². The Hall–Kier alpha value is -3.67. The molecule has 2 N–H and O–H groups in total. The highest BCUT2D eigenvalue weighted by Crippen LogP contribution is 2.39. The van der Waals surface area contributed by atoms with E-state index in [2.05, 4.69) is 9.97 Å². The lowest BCUT2D eigenvalue weighted by molar-refractivity contribution is 0.117. The monoisotopic (exact) mass is 455 g/mol. The fourth-order valence-electron chi connectivity index (χ4n) is 4.39. The summed E-state index contributed by atoms with van der Waals surface area (Å²) in [6, 6.07) is 22.4. The second-order valence-electron chi connectivity index (χ2n) is 8.28. The molecule has 1 unspecified atom stereocenters. The second-order valence-corrected chi connectivity index (χ2v) is 8.72. The number of fused-ring (bicyclic) bond motifs is 1. The Morgan fingerprint density at radius 3 is 2.45 bits per heavy atom. The van der Waals surface area contributed by atoms with Crippen molar-refractivity contribution in [1.82, 2.24) is 14.5 Å². The molecule has 164 valence electrons. The third kappa shape index (κ3) is 3.65. The average molecular weight is 456 g/mol. The highest BCUT2D eigenvalue weighted by molar-refractivity contribution is 6.30. The Bertz CT molecular complexity index is 1540. The van der Waals surface area contributed by atoms with Crippen LogP contribution in [0.15, 0.2) is 90.1 Å². The number of imidazole rings is 1. The average Bonchev–Trinajstić information content (AvgIpc) is 3.24. The van der Waals surface area contributed by atoms with E-state index in [1.54, 1.807) is 35.3 Å². The lowest BCUT2D eigenvalue weighted by atomic mass is 9.82. The number of benzene rings is 3. The minimum Gasteiger partial charge on any atom is -0.374 e. The molecule has 0 bridgehead atoms. The molecule has 2 aromatic heterocycles. The molecular weight excluding hydrogens is 434 g/mol. The predicted octanol–water partition coefficient (Wildman–Crippen LogP) is 5.17. The van der Waals surface area contributed by atoms with Gasteiger partial charge in [0.25, 0.3) is 0 Å². The number of nitrogens with zero attached hydrogens (tertiary/aromatic N) is 2. The minimum atomic E-state index is -1.48. The van der Waals surface area contributed by atoms with Crippen molar-refractivity contribution in [2.75, 3.05) is 0 Å². The molecule has 0 fully saturated rings. The van der Waals surface area contributed by atoms with Gasteiger partial charge in [0.15, 0.2) is 5.60 Å². The summed E-state index contributed by atoms with van der Waals surface area (Å²) in [6.07, 6.45) is 3.32. The largest absolute Gasteiger partial charge is 0.374 e. The first-order chi connectivity index (χ1) is 15.9. The Kier molecular flexibility index (Phi) is 5.16. The maximum atomic E-state index is 12.4. The molecule has 0 saturated heterocycles. The number of hydrogen-bond acceptors (Lipinski definition) is 3. The van der Waals surface area contributed by atoms with Gasteiger partial charge in [-0.3, -0.25) is 4.79 Å². The molecule has 0 aliphatic heterocycles. The van der Waals surface area contributed by atoms with Gasteiger partial charge in [0.2, 0.25) is 5.56 Å². The summed E-state index contributed by atoms with van der Waals surface area (Å²) < 4.78 is 1.80. The molecule has 3 aromatic carbocycles. The zero-order valence-electron chi connectivity index (χ0n) is 18.2. The summed E-state index contributed by atoms with van der Waals surface area (Å²) in [5.41, 5.74) is 3.83. The van der Waals surface area contributed by atoms with E-state index in [1.807, 2.05) is 68.6 Å². The predicted molar refractivity (Wildman–Crippen MR) is 132 cm³/mol. The van der Waals surface area contributed by atoms with Gasteiger partial charge in [-0.15, -0.1) is 0 Å². The number of aromatic nitrogens is 3. The minimum absolute atomic E-state index is 0.175. The standard InChI is InChI=1S/C27H22ClN3O2/c1-17-4-3-5-18(12-17)22-14-26(32)30-24-11-8-20(13-23(22)24)27(33,25-15-29-16-31(25)2)19-6-9-21(28)10-7-19/h3-16,33H,1-2H3,(H,30,32). The van der Waals surface area contributed by atoms with Crippen LogP contribution in [0.5, 0.6) is 0 Å². The van der Waals surface area contributed by atoms with Gasteiger partial charge in [-0.05, 0) is 53.4 Å². The van der Waals surface area contributed by atoms with Crippen molar-refractivity contribution in [3.63, 3.8) is 0 Å². The van der Waals surface area contributed by atoms with E-state index in [0.717, 1.165) is 22.1 Å². The number of pyridine rings is 1. The van der Waals surface area contributed by atoms with Crippen LogP contribution < -0.4 is 5.56 Å². The Balaban J connectivity index is 1.81. The van der Waals surface area contributed by atoms with Crippen molar-refractivity contribution in [2.24, 2.45) is 7.05 Å². The van der Waals surface area contributed by atoms with Crippen LogP contribution in [0.1, 0.15) is 22.4 Å². The van der Waals surface area contributed by atoms with Gasteiger partial charge < -0.3 is 14.7 Å². The number of hydrogen-bond donors (Lipinski definition) is 2. The summed E-state index contributed by atoms with van der Waals surface area (Å²) in [5, 5.41) is 13.7. The van der Waals surface area contributed by atoms with E-state index >= 15 is 0 Å². The molecule has 6 heteroatoms. The smallest absolute Gasteiger partial charge is 0.249 e. The third-order valence-corrected chi connectivity index (χ3v) is 6.29. The van der Waals surface area contributed by atoms with Crippen molar-refractivity contribution in [2.45, 2.75) is 12.5 Å². The number of aryl methyl sites for hydroxylation is 2. The summed E-state index contributed by atoms with van der Waals surface area (Å²) in [7, 11) is 1.85. The maximum absolute atomic E-state index is 12.4. The molecule has 0 amide bonds. The van der Waals surface area contributed by atoms with Crippen molar-refractivity contribution in [3.8, 4) is 11.1 Å². The summed E-state index contributed by atoms with van der Waals surface area (Å²) in [6.45, 7) is 2.02.